The van der Waals surface area contributed by atoms with Gasteiger partial charge in [-0.3, -0.25) is 15.0 Å². The lowest BCUT2D eigenvalue weighted by Crippen LogP contribution is -2.45. The van der Waals surface area contributed by atoms with Gasteiger partial charge in [0.25, 0.3) is 5.91 Å². The van der Waals surface area contributed by atoms with Gasteiger partial charge in [0.15, 0.2) is 5.79 Å². The van der Waals surface area contributed by atoms with E-state index in [0.29, 0.717) is 56.8 Å². The summed E-state index contributed by atoms with van der Waals surface area (Å²) in [7, 11) is 0. The fraction of sp³-hybridized carbons (Fsp3) is 0.385. The molecular weight excluding hydrogens is 420 g/mol. The van der Waals surface area contributed by atoms with E-state index < -0.39 is 11.7 Å². The van der Waals surface area contributed by atoms with E-state index in [2.05, 4.69) is 4.98 Å². The second kappa shape index (κ2) is 9.09. The Balaban J connectivity index is 1.20. The normalized spacial score (nSPS) is 18.0. The molecule has 172 valence electrons. The molecule has 1 amide bonds. The van der Waals surface area contributed by atoms with Gasteiger partial charge in [0.05, 0.1) is 24.8 Å². The number of para-hydroxylation sites is 1. The van der Waals surface area contributed by atoms with E-state index in [0.717, 1.165) is 27.2 Å². The van der Waals surface area contributed by atoms with Gasteiger partial charge < -0.3 is 14.2 Å². The predicted molar refractivity (Wildman–Crippen MR) is 122 cm³/mol. The van der Waals surface area contributed by atoms with Crippen LogP contribution in [0.15, 0.2) is 54.6 Å². The number of rotatable bonds is 5. The Morgan fingerprint density at radius 1 is 1.12 bits per heavy atom. The van der Waals surface area contributed by atoms with Gasteiger partial charge in [0.2, 0.25) is 0 Å². The van der Waals surface area contributed by atoms with Gasteiger partial charge in [-0.05, 0) is 56.2 Å². The van der Waals surface area contributed by atoms with Crippen LogP contribution < -0.4 is 4.74 Å². The van der Waals surface area contributed by atoms with Crippen molar-refractivity contribution in [2.75, 3.05) is 13.2 Å². The molecule has 2 fully saturated rings. The van der Waals surface area contributed by atoms with Crippen molar-refractivity contribution in [1.82, 2.24) is 10.0 Å². The third-order valence-corrected chi connectivity index (χ3v) is 6.51. The zero-order valence-electron chi connectivity index (χ0n) is 18.7. The van der Waals surface area contributed by atoms with E-state index in [4.69, 9.17) is 14.2 Å². The molecule has 1 aromatic heterocycles. The minimum atomic E-state index is -0.516. The van der Waals surface area contributed by atoms with Crippen LogP contribution in [0.4, 0.5) is 0 Å². The molecule has 1 aliphatic heterocycles. The van der Waals surface area contributed by atoms with Crippen LogP contribution >= 0.6 is 0 Å². The van der Waals surface area contributed by atoms with Crippen LogP contribution in [0, 0.1) is 6.92 Å². The van der Waals surface area contributed by atoms with Crippen molar-refractivity contribution < 1.29 is 24.2 Å². The van der Waals surface area contributed by atoms with Crippen molar-refractivity contribution in [3.05, 3.63) is 71.4 Å². The number of carbonyl (C=O) groups excluding carboxylic acids is 1. The van der Waals surface area contributed by atoms with Gasteiger partial charge in [-0.15, -0.1) is 0 Å². The molecule has 33 heavy (non-hydrogen) atoms. The highest BCUT2D eigenvalue weighted by Crippen LogP contribution is 2.37. The van der Waals surface area contributed by atoms with Crippen LogP contribution in [0.2, 0.25) is 0 Å². The van der Waals surface area contributed by atoms with Crippen LogP contribution in [0.5, 0.6) is 5.75 Å². The molecule has 7 heteroatoms. The Hall–Kier alpha value is -3.00. The second-order valence-corrected chi connectivity index (χ2v) is 8.74. The number of benzene rings is 2. The summed E-state index contributed by atoms with van der Waals surface area (Å²) in [6, 6.07) is 16.7. The fourth-order valence-electron chi connectivity index (χ4n) is 4.74. The van der Waals surface area contributed by atoms with E-state index in [9.17, 15) is 10.0 Å². The zero-order valence-corrected chi connectivity index (χ0v) is 18.7. The SMILES string of the molecule is Cc1cc(COc2ccc(C(=O)N(O)C3CCC4(CC3)OCCO4)cc2)c2ccccc2n1. The molecule has 2 aliphatic rings. The quantitative estimate of drug-likeness (QED) is 0.452. The number of pyridine rings is 1. The lowest BCUT2D eigenvalue weighted by Gasteiger charge is -2.37. The maximum atomic E-state index is 12.8. The molecule has 1 spiro atoms. The van der Waals surface area contributed by atoms with Crippen molar-refractivity contribution in [2.45, 2.75) is 51.0 Å². The third kappa shape index (κ3) is 4.57. The first-order chi connectivity index (χ1) is 16.0. The van der Waals surface area contributed by atoms with Gasteiger partial charge in [0, 0.05) is 35.0 Å². The Labute approximate surface area is 192 Å². The fourth-order valence-corrected chi connectivity index (χ4v) is 4.74. The Kier molecular flexibility index (Phi) is 6.01. The summed E-state index contributed by atoms with van der Waals surface area (Å²) in [5.74, 6) is -0.269. The highest BCUT2D eigenvalue weighted by molar-refractivity contribution is 5.93. The monoisotopic (exact) mass is 448 g/mol. The first kappa shape index (κ1) is 21.8. The number of ether oxygens (including phenoxy) is 3. The van der Waals surface area contributed by atoms with Crippen molar-refractivity contribution in [3.8, 4) is 5.75 Å². The number of fused-ring (bicyclic) bond motifs is 1. The minimum Gasteiger partial charge on any atom is -0.489 e. The van der Waals surface area contributed by atoms with E-state index >= 15 is 0 Å². The number of aromatic nitrogens is 1. The van der Waals surface area contributed by atoms with Gasteiger partial charge in [-0.2, -0.15) is 0 Å². The molecule has 3 aromatic rings. The molecule has 1 aliphatic carbocycles. The minimum absolute atomic E-state index is 0.241. The van der Waals surface area contributed by atoms with Crippen molar-refractivity contribution >= 4 is 16.8 Å². The molecule has 0 bridgehead atoms. The molecule has 7 nitrogen and oxygen atoms in total. The van der Waals surface area contributed by atoms with E-state index in [1.54, 1.807) is 24.3 Å². The third-order valence-electron chi connectivity index (χ3n) is 6.51. The van der Waals surface area contributed by atoms with Gasteiger partial charge in [0.1, 0.15) is 12.4 Å². The average molecular weight is 449 g/mol. The number of hydroxylamine groups is 2. The van der Waals surface area contributed by atoms with Crippen LogP contribution in [-0.4, -0.2) is 46.2 Å². The van der Waals surface area contributed by atoms with E-state index in [1.807, 2.05) is 37.3 Å². The summed E-state index contributed by atoms with van der Waals surface area (Å²) < 4.78 is 17.4. The maximum Gasteiger partial charge on any atom is 0.277 e. The molecule has 1 N–H and O–H groups in total. The van der Waals surface area contributed by atoms with Crippen molar-refractivity contribution in [3.63, 3.8) is 0 Å². The predicted octanol–water partition coefficient (Wildman–Crippen LogP) is 4.64. The van der Waals surface area contributed by atoms with Crippen molar-refractivity contribution in [1.29, 1.82) is 0 Å². The summed E-state index contributed by atoms with van der Waals surface area (Å²) in [5.41, 5.74) is 3.37. The number of hydrogen-bond acceptors (Lipinski definition) is 6. The van der Waals surface area contributed by atoms with E-state index in [1.165, 1.54) is 0 Å². The first-order valence-electron chi connectivity index (χ1n) is 11.4. The van der Waals surface area contributed by atoms with Gasteiger partial charge in [-0.25, -0.2) is 5.06 Å². The highest BCUT2D eigenvalue weighted by atomic mass is 16.7. The lowest BCUT2D eigenvalue weighted by molar-refractivity contribution is -0.196. The number of amides is 1. The number of hydrogen-bond donors (Lipinski definition) is 1. The highest BCUT2D eigenvalue weighted by Gasteiger charge is 2.42. The Bertz CT molecular complexity index is 1130. The van der Waals surface area contributed by atoms with Gasteiger partial charge >= 0.3 is 0 Å². The first-order valence-corrected chi connectivity index (χ1v) is 11.4. The maximum absolute atomic E-state index is 12.8. The number of aryl methyl sites for hydroxylation is 1. The zero-order chi connectivity index (χ0) is 22.8. The molecule has 0 radical (unpaired) electrons. The molecule has 2 heterocycles. The second-order valence-electron chi connectivity index (χ2n) is 8.74. The molecule has 1 saturated carbocycles. The Morgan fingerprint density at radius 2 is 1.82 bits per heavy atom. The smallest absolute Gasteiger partial charge is 0.277 e. The number of nitrogens with zero attached hydrogens (tertiary/aromatic N) is 2. The van der Waals surface area contributed by atoms with Crippen LogP contribution in [0.1, 0.15) is 47.3 Å². The van der Waals surface area contributed by atoms with Crippen molar-refractivity contribution in [2.24, 2.45) is 0 Å². The molecule has 1 saturated heterocycles. The molecule has 0 unspecified atom stereocenters. The summed E-state index contributed by atoms with van der Waals surface area (Å²) in [6.45, 7) is 3.59. The molecule has 0 atom stereocenters. The number of carbonyl (C=O) groups is 1. The van der Waals surface area contributed by atoms with Crippen LogP contribution in [0.25, 0.3) is 10.9 Å². The standard InChI is InChI=1S/C26H28N2O5/c1-18-16-20(23-4-2-3-5-24(23)27-18)17-31-22-8-6-19(7-9-22)25(29)28(30)21-10-12-26(13-11-21)32-14-15-33-26/h2-9,16,21,30H,10-15,17H2,1H3. The van der Waals surface area contributed by atoms with Crippen LogP contribution in [0.3, 0.4) is 0 Å². The molecule has 2 aromatic carbocycles. The largest absolute Gasteiger partial charge is 0.489 e. The Morgan fingerprint density at radius 3 is 2.55 bits per heavy atom. The molecule has 5 rings (SSSR count). The van der Waals surface area contributed by atoms with E-state index in [-0.39, 0.29) is 6.04 Å². The summed E-state index contributed by atoms with van der Waals surface area (Å²) in [4.78, 5) is 17.4. The summed E-state index contributed by atoms with van der Waals surface area (Å²) in [6.07, 6.45) is 2.64. The topological polar surface area (TPSA) is 81.1 Å². The van der Waals surface area contributed by atoms with Crippen LogP contribution in [-0.2, 0) is 16.1 Å². The average Bonchev–Trinajstić information content (AvgIpc) is 3.30. The lowest BCUT2D eigenvalue weighted by atomic mass is 9.89. The summed E-state index contributed by atoms with van der Waals surface area (Å²) in [5, 5.41) is 12.5. The summed E-state index contributed by atoms with van der Waals surface area (Å²) >= 11 is 0. The van der Waals surface area contributed by atoms with Gasteiger partial charge in [-0.1, -0.05) is 18.2 Å². The molecular formula is C26H28N2O5.